The molecule has 6 nitrogen and oxygen atoms in total. The third-order valence-electron chi connectivity index (χ3n) is 3.58. The molecular weight excluding hydrogens is 358 g/mol. The summed E-state index contributed by atoms with van der Waals surface area (Å²) in [5.74, 6) is -1.22. The summed E-state index contributed by atoms with van der Waals surface area (Å²) >= 11 is 0.975. The number of anilines is 1. The molecule has 136 valence electrons. The maximum Gasteiger partial charge on any atom is 0.498 e. The Morgan fingerprint density at radius 1 is 1.38 bits per heavy atom. The first-order valence-corrected chi connectivity index (χ1v) is 8.83. The summed E-state index contributed by atoms with van der Waals surface area (Å²) in [5, 5.41) is 12.7. The van der Waals surface area contributed by atoms with E-state index in [1.807, 2.05) is 6.07 Å². The van der Waals surface area contributed by atoms with E-state index in [1.54, 1.807) is 34.6 Å². The molecule has 1 aliphatic rings. The van der Waals surface area contributed by atoms with Crippen molar-refractivity contribution in [3.63, 3.8) is 0 Å². The van der Waals surface area contributed by atoms with Crippen LogP contribution in [0.1, 0.15) is 40.2 Å². The lowest BCUT2D eigenvalue weighted by Crippen LogP contribution is -2.59. The summed E-state index contributed by atoms with van der Waals surface area (Å²) in [6, 6.07) is 4.87. The topological polar surface area (TPSA) is 80.6 Å². The Morgan fingerprint density at radius 2 is 2.04 bits per heavy atom. The Kier molecular flexibility index (Phi) is 4.47. The van der Waals surface area contributed by atoms with Gasteiger partial charge in [-0.05, 0) is 46.1 Å². The van der Waals surface area contributed by atoms with Gasteiger partial charge >= 0.3 is 13.2 Å². The van der Waals surface area contributed by atoms with Crippen LogP contribution in [0.5, 0.6) is 0 Å². The molecule has 3 rings (SSSR count). The SMILES string of the molecule is CC(C)(C)OC(=O)Nc1sc2c(F)ccc(B3OC(C)(C)O3)c2c1C#N. The number of benzene rings is 1. The molecule has 0 atom stereocenters. The van der Waals surface area contributed by atoms with Gasteiger partial charge in [0.25, 0.3) is 0 Å². The zero-order valence-electron chi connectivity index (χ0n) is 15.1. The summed E-state index contributed by atoms with van der Waals surface area (Å²) in [4.78, 5) is 12.1. The van der Waals surface area contributed by atoms with Crippen molar-refractivity contribution in [3.8, 4) is 6.07 Å². The molecule has 26 heavy (non-hydrogen) atoms. The molecule has 0 aliphatic carbocycles. The van der Waals surface area contributed by atoms with Gasteiger partial charge < -0.3 is 14.0 Å². The van der Waals surface area contributed by atoms with Gasteiger partial charge in [-0.2, -0.15) is 5.26 Å². The zero-order valence-corrected chi connectivity index (χ0v) is 15.9. The van der Waals surface area contributed by atoms with Gasteiger partial charge in [0.1, 0.15) is 28.3 Å². The number of thiophene rings is 1. The van der Waals surface area contributed by atoms with Crippen molar-refractivity contribution in [2.45, 2.75) is 46.0 Å². The van der Waals surface area contributed by atoms with E-state index in [4.69, 9.17) is 14.0 Å². The second-order valence-corrected chi connectivity index (χ2v) is 8.37. The number of nitriles is 1. The van der Waals surface area contributed by atoms with E-state index in [2.05, 4.69) is 5.32 Å². The number of halogens is 1. The van der Waals surface area contributed by atoms with E-state index in [1.165, 1.54) is 12.1 Å². The largest absolute Gasteiger partial charge is 0.498 e. The second kappa shape index (κ2) is 6.23. The van der Waals surface area contributed by atoms with E-state index >= 15 is 0 Å². The van der Waals surface area contributed by atoms with E-state index in [0.29, 0.717) is 10.8 Å². The Hall–Kier alpha value is -2.15. The molecule has 1 aliphatic heterocycles. The van der Waals surface area contributed by atoms with Gasteiger partial charge in [-0.3, -0.25) is 5.32 Å². The van der Waals surface area contributed by atoms with Crippen molar-refractivity contribution in [2.24, 2.45) is 0 Å². The minimum Gasteiger partial charge on any atom is -0.444 e. The molecule has 2 aromatic rings. The number of nitrogens with one attached hydrogen (secondary N) is 1. The molecule has 1 aromatic heterocycles. The molecule has 0 radical (unpaired) electrons. The third-order valence-corrected chi connectivity index (χ3v) is 4.70. The molecule has 1 amide bonds. The van der Waals surface area contributed by atoms with Gasteiger partial charge in [0, 0.05) is 5.39 Å². The summed E-state index contributed by atoms with van der Waals surface area (Å²) in [7, 11) is -0.691. The van der Waals surface area contributed by atoms with Gasteiger partial charge in [0.05, 0.1) is 10.3 Å². The van der Waals surface area contributed by atoms with Gasteiger partial charge in [-0.1, -0.05) is 6.07 Å². The summed E-state index contributed by atoms with van der Waals surface area (Å²) < 4.78 is 31.1. The Bertz CT molecular complexity index is 921. The van der Waals surface area contributed by atoms with Crippen LogP contribution < -0.4 is 10.8 Å². The first-order valence-electron chi connectivity index (χ1n) is 8.01. The molecule has 1 aromatic carbocycles. The maximum atomic E-state index is 14.3. The van der Waals surface area contributed by atoms with Crippen LogP contribution in [-0.4, -0.2) is 24.6 Å². The van der Waals surface area contributed by atoms with Crippen molar-refractivity contribution in [2.75, 3.05) is 5.32 Å². The number of rotatable bonds is 2. The minimum atomic E-state index is -0.730. The quantitative estimate of drug-likeness (QED) is 0.808. The van der Waals surface area contributed by atoms with Crippen molar-refractivity contribution in [1.29, 1.82) is 5.26 Å². The normalized spacial score (nSPS) is 16.1. The Morgan fingerprint density at radius 3 is 2.58 bits per heavy atom. The smallest absolute Gasteiger partial charge is 0.444 e. The van der Waals surface area contributed by atoms with Crippen LogP contribution in [0.25, 0.3) is 10.1 Å². The first-order chi connectivity index (χ1) is 12.0. The van der Waals surface area contributed by atoms with Crippen LogP contribution in [0.4, 0.5) is 14.2 Å². The van der Waals surface area contributed by atoms with Gasteiger partial charge in [0.15, 0.2) is 0 Å². The zero-order chi connectivity index (χ0) is 19.3. The third kappa shape index (κ3) is 3.53. The second-order valence-electron chi connectivity index (χ2n) is 7.35. The van der Waals surface area contributed by atoms with Gasteiger partial charge in [-0.25, -0.2) is 9.18 Å². The molecule has 0 saturated carbocycles. The highest BCUT2D eigenvalue weighted by Crippen LogP contribution is 2.38. The fraction of sp³-hybridized carbons (Fsp3) is 0.412. The highest BCUT2D eigenvalue weighted by Gasteiger charge is 2.45. The Balaban J connectivity index is 2.03. The molecule has 1 fully saturated rings. The number of hydrogen-bond acceptors (Lipinski definition) is 6. The molecule has 0 spiro atoms. The molecular formula is C17H18BFN2O4S. The number of fused-ring (bicyclic) bond motifs is 1. The van der Waals surface area contributed by atoms with Crippen molar-refractivity contribution in [3.05, 3.63) is 23.5 Å². The monoisotopic (exact) mass is 376 g/mol. The fourth-order valence-corrected chi connectivity index (χ4v) is 3.71. The molecule has 0 unspecified atom stereocenters. The van der Waals surface area contributed by atoms with Crippen molar-refractivity contribution >= 4 is 45.1 Å². The number of ether oxygens (including phenoxy) is 1. The first kappa shape index (κ1) is 18.6. The van der Waals surface area contributed by atoms with Gasteiger partial charge in [-0.15, -0.1) is 11.3 Å². The number of hydrogen-bond donors (Lipinski definition) is 1. The van der Waals surface area contributed by atoms with Gasteiger partial charge in [0.2, 0.25) is 0 Å². The molecule has 0 bridgehead atoms. The lowest BCUT2D eigenvalue weighted by atomic mass is 9.72. The van der Waals surface area contributed by atoms with Crippen LogP contribution in [0, 0.1) is 17.1 Å². The van der Waals surface area contributed by atoms with E-state index < -0.39 is 30.4 Å². The maximum absolute atomic E-state index is 14.3. The number of carbonyl (C=O) groups is 1. The lowest BCUT2D eigenvalue weighted by Gasteiger charge is -2.41. The van der Waals surface area contributed by atoms with Crippen LogP contribution in [0.15, 0.2) is 12.1 Å². The highest BCUT2D eigenvalue weighted by molar-refractivity contribution is 7.23. The number of amides is 1. The van der Waals surface area contributed by atoms with Crippen molar-refractivity contribution < 1.29 is 23.2 Å². The molecule has 2 heterocycles. The summed E-state index contributed by atoms with van der Waals surface area (Å²) in [5.41, 5.74) is 0.0106. The minimum absolute atomic E-state index is 0.155. The van der Waals surface area contributed by atoms with E-state index in [9.17, 15) is 14.4 Å². The number of nitrogens with zero attached hydrogens (tertiary/aromatic N) is 1. The van der Waals surface area contributed by atoms with Crippen LogP contribution >= 0.6 is 11.3 Å². The predicted molar refractivity (Wildman–Crippen MR) is 98.0 cm³/mol. The molecule has 1 N–H and O–H groups in total. The van der Waals surface area contributed by atoms with Crippen LogP contribution in [-0.2, 0) is 14.0 Å². The molecule has 1 saturated heterocycles. The lowest BCUT2D eigenvalue weighted by molar-refractivity contribution is -0.185. The van der Waals surface area contributed by atoms with Crippen LogP contribution in [0.2, 0.25) is 0 Å². The standard InChI is InChI=1S/C17H18BFN2O4S/c1-16(2,3)23-15(22)21-14-9(8-20)12-10(18-24-17(4,5)25-18)6-7-11(19)13(12)26-14/h6-7H,1-5H3,(H,21,22). The molecule has 9 heteroatoms. The summed E-state index contributed by atoms with van der Waals surface area (Å²) in [6.07, 6.45) is -0.709. The fourth-order valence-electron chi connectivity index (χ4n) is 2.64. The highest BCUT2D eigenvalue weighted by atomic mass is 32.1. The average molecular weight is 376 g/mol. The predicted octanol–water partition coefficient (Wildman–Crippen LogP) is 3.74. The van der Waals surface area contributed by atoms with E-state index in [-0.39, 0.29) is 15.3 Å². The van der Waals surface area contributed by atoms with E-state index in [0.717, 1.165) is 11.3 Å². The number of carbonyl (C=O) groups excluding carboxylic acids is 1. The average Bonchev–Trinajstić information content (AvgIpc) is 2.82. The summed E-state index contributed by atoms with van der Waals surface area (Å²) in [6.45, 7) is 8.71. The van der Waals surface area contributed by atoms with Crippen molar-refractivity contribution in [1.82, 2.24) is 0 Å². The Labute approximate surface area is 155 Å². The van der Waals surface area contributed by atoms with Crippen LogP contribution in [0.3, 0.4) is 0 Å².